The van der Waals surface area contributed by atoms with Gasteiger partial charge in [0, 0.05) is 62.9 Å². The normalized spacial score (nSPS) is 21.7. The lowest BCUT2D eigenvalue weighted by molar-refractivity contribution is -0.385. The van der Waals surface area contributed by atoms with Crippen LogP contribution in [0.5, 0.6) is 17.2 Å². The SMILES string of the molecule is CN1CCc2c(Oc3cc4c(cc3[N+](=O)[O-])OCCC4OP(=O)(N3CC3)N3CC3)cccc2C1=O. The fourth-order valence-electron chi connectivity index (χ4n) is 4.60. The molecule has 0 bridgehead atoms. The summed E-state index contributed by atoms with van der Waals surface area (Å²) in [5.41, 5.74) is 1.57. The van der Waals surface area contributed by atoms with Gasteiger partial charge in [-0.2, -0.15) is 0 Å². The van der Waals surface area contributed by atoms with Gasteiger partial charge in [0.2, 0.25) is 5.75 Å². The summed E-state index contributed by atoms with van der Waals surface area (Å²) in [5.74, 6) is 0.649. The Kier molecular flexibility index (Phi) is 5.33. The van der Waals surface area contributed by atoms with Crippen molar-refractivity contribution in [2.75, 3.05) is 46.4 Å². The van der Waals surface area contributed by atoms with Crippen LogP contribution in [0.4, 0.5) is 5.69 Å². The van der Waals surface area contributed by atoms with E-state index in [1.54, 1.807) is 36.2 Å². The minimum atomic E-state index is -3.11. The van der Waals surface area contributed by atoms with Gasteiger partial charge in [-0.3, -0.25) is 24.0 Å². The van der Waals surface area contributed by atoms with E-state index < -0.39 is 18.7 Å². The highest BCUT2D eigenvalue weighted by Gasteiger charge is 2.51. The Morgan fingerprint density at radius 3 is 2.54 bits per heavy atom. The highest BCUT2D eigenvalue weighted by molar-refractivity contribution is 7.54. The van der Waals surface area contributed by atoms with E-state index in [1.807, 2.05) is 9.34 Å². The summed E-state index contributed by atoms with van der Waals surface area (Å²) in [6, 6.07) is 8.04. The number of nitrogens with zero attached hydrogens (tertiary/aromatic N) is 4. The van der Waals surface area contributed by atoms with Crippen molar-refractivity contribution < 1.29 is 28.3 Å². The lowest BCUT2D eigenvalue weighted by atomic mass is 9.98. The van der Waals surface area contributed by atoms with E-state index in [0.717, 1.165) is 31.7 Å². The second-order valence-corrected chi connectivity index (χ2v) is 11.4. The first-order valence-electron chi connectivity index (χ1n) is 11.6. The van der Waals surface area contributed by atoms with E-state index in [4.69, 9.17) is 14.0 Å². The molecular weight excluding hydrogens is 475 g/mol. The van der Waals surface area contributed by atoms with Crippen LogP contribution in [-0.2, 0) is 15.5 Å². The molecule has 1 atom stereocenters. The number of fused-ring (bicyclic) bond motifs is 2. The monoisotopic (exact) mass is 500 g/mol. The van der Waals surface area contributed by atoms with Crippen molar-refractivity contribution in [2.24, 2.45) is 0 Å². The standard InChI is InChI=1S/C23H25N4O7P/c1-24-7-5-15-16(23(24)28)3-2-4-19(15)33-22-13-17-20(6-12-32-21(17)14-18(22)27(29)30)34-35(31,25-8-9-25)26-10-11-26/h2-4,13-14,20H,5-12H2,1H3. The average molecular weight is 500 g/mol. The molecule has 0 aliphatic carbocycles. The summed E-state index contributed by atoms with van der Waals surface area (Å²) >= 11 is 0. The zero-order valence-corrected chi connectivity index (χ0v) is 20.1. The highest BCUT2D eigenvalue weighted by atomic mass is 31.2. The number of carbonyl (C=O) groups excluding carboxylic acids is 1. The molecule has 2 aromatic rings. The number of nitro benzene ring substituents is 1. The minimum Gasteiger partial charge on any atom is -0.493 e. The summed E-state index contributed by atoms with van der Waals surface area (Å²) in [5, 5.41) is 11.9. The van der Waals surface area contributed by atoms with Gasteiger partial charge >= 0.3 is 13.4 Å². The lowest BCUT2D eigenvalue weighted by Gasteiger charge is -2.30. The van der Waals surface area contributed by atoms with Crippen molar-refractivity contribution >= 4 is 19.3 Å². The fraction of sp³-hybridized carbons (Fsp3) is 0.435. The van der Waals surface area contributed by atoms with Crippen molar-refractivity contribution in [3.63, 3.8) is 0 Å². The van der Waals surface area contributed by atoms with E-state index in [2.05, 4.69) is 0 Å². The summed E-state index contributed by atoms with van der Waals surface area (Å²) in [6.07, 6.45) is 0.502. The van der Waals surface area contributed by atoms with Crippen LogP contribution in [0.2, 0.25) is 0 Å². The number of ether oxygens (including phenoxy) is 2. The average Bonchev–Trinajstić information content (AvgIpc) is 3.74. The molecule has 4 aliphatic rings. The number of nitro groups is 1. The predicted molar refractivity (Wildman–Crippen MR) is 125 cm³/mol. The van der Waals surface area contributed by atoms with Gasteiger partial charge in [-0.1, -0.05) is 6.07 Å². The first-order valence-corrected chi connectivity index (χ1v) is 13.2. The molecule has 2 aromatic carbocycles. The van der Waals surface area contributed by atoms with Gasteiger partial charge in [-0.05, 0) is 24.6 Å². The van der Waals surface area contributed by atoms with Gasteiger partial charge in [0.25, 0.3) is 5.91 Å². The number of benzene rings is 2. The molecule has 12 heteroatoms. The van der Waals surface area contributed by atoms with Crippen molar-refractivity contribution in [1.82, 2.24) is 14.2 Å². The third kappa shape index (κ3) is 3.98. The zero-order chi connectivity index (χ0) is 24.3. The van der Waals surface area contributed by atoms with E-state index in [0.29, 0.717) is 48.6 Å². The van der Waals surface area contributed by atoms with Crippen LogP contribution in [0.25, 0.3) is 0 Å². The number of hydrogen-bond donors (Lipinski definition) is 0. The second kappa shape index (κ2) is 8.30. The van der Waals surface area contributed by atoms with Crippen LogP contribution in [-0.4, -0.2) is 71.4 Å². The highest BCUT2D eigenvalue weighted by Crippen LogP contribution is 2.64. The summed E-state index contributed by atoms with van der Waals surface area (Å²) in [6.45, 7) is 3.75. The molecule has 6 rings (SSSR count). The van der Waals surface area contributed by atoms with Crippen LogP contribution in [0.1, 0.15) is 34.0 Å². The number of likely N-dealkylation sites (N-methyl/N-ethyl adjacent to an activating group) is 1. The smallest absolute Gasteiger partial charge is 0.346 e. The van der Waals surface area contributed by atoms with E-state index in [-0.39, 0.29) is 17.3 Å². The number of rotatable bonds is 7. The Balaban J connectivity index is 1.37. The topological polar surface area (TPSA) is 114 Å². The van der Waals surface area contributed by atoms with Crippen LogP contribution < -0.4 is 9.47 Å². The molecule has 0 radical (unpaired) electrons. The summed E-state index contributed by atoms with van der Waals surface area (Å²) < 4.78 is 35.3. The van der Waals surface area contributed by atoms with Gasteiger partial charge < -0.3 is 14.4 Å². The molecule has 35 heavy (non-hydrogen) atoms. The molecule has 0 saturated carbocycles. The Bertz CT molecular complexity index is 1260. The first kappa shape index (κ1) is 22.5. The second-order valence-electron chi connectivity index (χ2n) is 9.10. The van der Waals surface area contributed by atoms with Crippen molar-refractivity contribution in [1.29, 1.82) is 0 Å². The Morgan fingerprint density at radius 1 is 1.11 bits per heavy atom. The van der Waals surface area contributed by atoms with Crippen LogP contribution in [0.15, 0.2) is 30.3 Å². The lowest BCUT2D eigenvalue weighted by Crippen LogP contribution is -2.34. The van der Waals surface area contributed by atoms with E-state index in [9.17, 15) is 19.5 Å². The van der Waals surface area contributed by atoms with Gasteiger partial charge in [0.1, 0.15) is 11.5 Å². The maximum Gasteiger partial charge on any atom is 0.346 e. The quantitative estimate of drug-likeness (QED) is 0.243. The third-order valence-corrected chi connectivity index (χ3v) is 9.49. The molecule has 0 spiro atoms. The molecule has 184 valence electrons. The maximum absolute atomic E-state index is 13.6. The van der Waals surface area contributed by atoms with E-state index >= 15 is 0 Å². The molecule has 0 N–H and O–H groups in total. The molecule has 2 saturated heterocycles. The van der Waals surface area contributed by atoms with E-state index in [1.165, 1.54) is 6.07 Å². The van der Waals surface area contributed by atoms with Crippen molar-refractivity contribution in [3.8, 4) is 17.2 Å². The Morgan fingerprint density at radius 2 is 1.86 bits per heavy atom. The minimum absolute atomic E-state index is 0.0286. The number of carbonyl (C=O) groups is 1. The van der Waals surface area contributed by atoms with Crippen molar-refractivity contribution in [2.45, 2.75) is 18.9 Å². The van der Waals surface area contributed by atoms with Gasteiger partial charge in [-0.15, -0.1) is 0 Å². The zero-order valence-electron chi connectivity index (χ0n) is 19.2. The third-order valence-electron chi connectivity index (χ3n) is 6.73. The Labute approximate surface area is 201 Å². The predicted octanol–water partition coefficient (Wildman–Crippen LogP) is 3.59. The molecule has 0 aromatic heterocycles. The molecule has 2 fully saturated rings. The van der Waals surface area contributed by atoms with Gasteiger partial charge in [-0.25, -0.2) is 9.34 Å². The molecule has 11 nitrogen and oxygen atoms in total. The molecule has 1 amide bonds. The van der Waals surface area contributed by atoms with Gasteiger partial charge in [0.15, 0.2) is 0 Å². The number of amides is 1. The summed E-state index contributed by atoms with van der Waals surface area (Å²) in [7, 11) is -1.37. The van der Waals surface area contributed by atoms with Crippen LogP contribution >= 0.6 is 7.67 Å². The number of hydrogen-bond acceptors (Lipinski definition) is 7. The van der Waals surface area contributed by atoms with Crippen LogP contribution in [0.3, 0.4) is 0 Å². The molecular formula is C23H25N4O7P. The maximum atomic E-state index is 13.6. The largest absolute Gasteiger partial charge is 0.493 e. The fourth-order valence-corrected chi connectivity index (χ4v) is 6.97. The molecule has 4 heterocycles. The van der Waals surface area contributed by atoms with Gasteiger partial charge in [0.05, 0.1) is 23.7 Å². The molecule has 4 aliphatic heterocycles. The Hall–Kier alpha value is -2.98. The molecule has 1 unspecified atom stereocenters. The van der Waals surface area contributed by atoms with Crippen molar-refractivity contribution in [3.05, 3.63) is 57.1 Å². The van der Waals surface area contributed by atoms with Crippen LogP contribution in [0, 0.1) is 10.1 Å². The summed E-state index contributed by atoms with van der Waals surface area (Å²) in [4.78, 5) is 25.6. The first-order chi connectivity index (χ1) is 16.8.